The number of hydrogen-bond acceptors (Lipinski definition) is 1. The van der Waals surface area contributed by atoms with Crippen LogP contribution in [-0.4, -0.2) is 11.1 Å². The number of carboxylic acids is 1. The van der Waals surface area contributed by atoms with E-state index < -0.39 is 5.97 Å². The Kier molecular flexibility index (Phi) is 2.02. The van der Waals surface area contributed by atoms with E-state index in [9.17, 15) is 9.18 Å². The van der Waals surface area contributed by atoms with E-state index in [0.717, 1.165) is 11.1 Å². The Balaban J connectivity index is 2.23. The fourth-order valence-electron chi connectivity index (χ4n) is 1.87. The highest BCUT2D eigenvalue weighted by atomic mass is 19.1. The number of aliphatic carboxylic acids is 1. The summed E-state index contributed by atoms with van der Waals surface area (Å²) < 4.78 is 12.8. The van der Waals surface area contributed by atoms with E-state index >= 15 is 0 Å². The van der Waals surface area contributed by atoms with Crippen molar-refractivity contribution < 1.29 is 14.3 Å². The molecule has 0 bridgehead atoms. The maximum atomic E-state index is 12.8. The van der Waals surface area contributed by atoms with Gasteiger partial charge in [0.2, 0.25) is 0 Å². The minimum Gasteiger partial charge on any atom is -0.481 e. The van der Waals surface area contributed by atoms with Crippen molar-refractivity contribution >= 4 is 5.97 Å². The predicted molar refractivity (Wildman–Crippen MR) is 49.6 cm³/mol. The third-order valence-electron chi connectivity index (χ3n) is 2.74. The molecule has 2 atom stereocenters. The maximum absolute atomic E-state index is 12.8. The van der Waals surface area contributed by atoms with E-state index in [1.54, 1.807) is 6.07 Å². The van der Waals surface area contributed by atoms with Gasteiger partial charge in [0, 0.05) is 0 Å². The number of rotatable bonds is 2. The van der Waals surface area contributed by atoms with Crippen molar-refractivity contribution in [1.29, 1.82) is 0 Å². The van der Waals surface area contributed by atoms with Gasteiger partial charge in [0.15, 0.2) is 0 Å². The summed E-state index contributed by atoms with van der Waals surface area (Å²) in [6, 6.07) is 4.53. The minimum absolute atomic E-state index is 0.0908. The lowest BCUT2D eigenvalue weighted by Gasteiger charge is -2.03. The van der Waals surface area contributed by atoms with Crippen LogP contribution in [0, 0.1) is 18.7 Å². The lowest BCUT2D eigenvalue weighted by atomic mass is 10.0. The number of carbonyl (C=O) groups is 1. The van der Waals surface area contributed by atoms with E-state index in [-0.39, 0.29) is 17.7 Å². The molecule has 1 aromatic carbocycles. The summed E-state index contributed by atoms with van der Waals surface area (Å²) >= 11 is 0. The molecule has 0 aliphatic heterocycles. The third-order valence-corrected chi connectivity index (χ3v) is 2.74. The summed E-state index contributed by atoms with van der Waals surface area (Å²) in [5.41, 5.74) is 1.82. The normalized spacial score (nSPS) is 24.7. The van der Waals surface area contributed by atoms with Crippen molar-refractivity contribution in [3.63, 3.8) is 0 Å². The number of hydrogen-bond donors (Lipinski definition) is 1. The molecule has 74 valence electrons. The zero-order chi connectivity index (χ0) is 10.3. The first-order valence-electron chi connectivity index (χ1n) is 4.58. The highest BCUT2D eigenvalue weighted by molar-refractivity contribution is 5.75. The first-order valence-corrected chi connectivity index (χ1v) is 4.58. The van der Waals surface area contributed by atoms with Crippen LogP contribution in [0.1, 0.15) is 23.5 Å². The summed E-state index contributed by atoms with van der Waals surface area (Å²) in [5, 5.41) is 8.76. The Bertz CT molecular complexity index is 387. The number of benzene rings is 1. The summed E-state index contributed by atoms with van der Waals surface area (Å²) in [5.74, 6) is -1.19. The second-order valence-electron chi connectivity index (χ2n) is 3.79. The summed E-state index contributed by atoms with van der Waals surface area (Å²) in [4.78, 5) is 10.6. The Hall–Kier alpha value is -1.38. The zero-order valence-corrected chi connectivity index (χ0v) is 7.83. The van der Waals surface area contributed by atoms with Gasteiger partial charge in [0.25, 0.3) is 0 Å². The summed E-state index contributed by atoms with van der Waals surface area (Å²) in [6.07, 6.45) is 0.682. The van der Waals surface area contributed by atoms with Crippen LogP contribution in [-0.2, 0) is 4.79 Å². The highest BCUT2D eigenvalue weighted by Gasteiger charge is 2.44. The molecule has 2 rings (SSSR count). The molecule has 0 aromatic heterocycles. The molecule has 0 unspecified atom stereocenters. The lowest BCUT2D eigenvalue weighted by molar-refractivity contribution is -0.138. The standard InChI is InChI=1S/C11H11FO2/c1-6-4-7(12)2-3-8(6)9-5-10(9)11(13)14/h2-4,9-10H,5H2,1H3,(H,13,14)/t9-,10-/m0/s1. The SMILES string of the molecule is Cc1cc(F)ccc1[C@@H]1C[C@@H]1C(=O)O. The Morgan fingerprint density at radius 1 is 1.57 bits per heavy atom. The van der Waals surface area contributed by atoms with Gasteiger partial charge in [-0.05, 0) is 42.5 Å². The van der Waals surface area contributed by atoms with Gasteiger partial charge in [-0.25, -0.2) is 4.39 Å². The van der Waals surface area contributed by atoms with Gasteiger partial charge in [0.05, 0.1) is 5.92 Å². The molecule has 2 nitrogen and oxygen atoms in total. The van der Waals surface area contributed by atoms with Gasteiger partial charge in [-0.2, -0.15) is 0 Å². The quantitative estimate of drug-likeness (QED) is 0.784. The Morgan fingerprint density at radius 3 is 2.79 bits per heavy atom. The van der Waals surface area contributed by atoms with Crippen LogP contribution in [0.4, 0.5) is 4.39 Å². The lowest BCUT2D eigenvalue weighted by Crippen LogP contribution is -1.99. The molecule has 0 amide bonds. The highest BCUT2D eigenvalue weighted by Crippen LogP contribution is 2.48. The molecule has 0 radical (unpaired) electrons. The van der Waals surface area contributed by atoms with Crippen molar-refractivity contribution in [3.8, 4) is 0 Å². The van der Waals surface area contributed by atoms with Gasteiger partial charge in [-0.1, -0.05) is 6.07 Å². The average Bonchev–Trinajstić information content (AvgIpc) is 2.83. The molecule has 0 saturated heterocycles. The first kappa shape index (κ1) is 9.19. The number of aryl methyl sites for hydroxylation is 1. The minimum atomic E-state index is -0.751. The van der Waals surface area contributed by atoms with Gasteiger partial charge < -0.3 is 5.11 Å². The monoisotopic (exact) mass is 194 g/mol. The van der Waals surface area contributed by atoms with Crippen LogP contribution in [0.25, 0.3) is 0 Å². The van der Waals surface area contributed by atoms with E-state index in [4.69, 9.17) is 5.11 Å². The van der Waals surface area contributed by atoms with E-state index in [1.165, 1.54) is 12.1 Å². The molecule has 1 N–H and O–H groups in total. The molecule has 3 heteroatoms. The predicted octanol–water partition coefficient (Wildman–Crippen LogP) is 2.32. The van der Waals surface area contributed by atoms with Crippen LogP contribution >= 0.6 is 0 Å². The molecule has 1 aliphatic rings. The molecular weight excluding hydrogens is 183 g/mol. The van der Waals surface area contributed by atoms with Gasteiger partial charge in [-0.15, -0.1) is 0 Å². The van der Waals surface area contributed by atoms with Crippen LogP contribution in [0.3, 0.4) is 0 Å². The van der Waals surface area contributed by atoms with Crippen molar-refractivity contribution in [2.45, 2.75) is 19.3 Å². The van der Waals surface area contributed by atoms with Crippen LogP contribution < -0.4 is 0 Å². The smallest absolute Gasteiger partial charge is 0.307 e. The van der Waals surface area contributed by atoms with Crippen molar-refractivity contribution in [3.05, 3.63) is 35.1 Å². The molecule has 1 aliphatic carbocycles. The molecular formula is C11H11FO2. The number of halogens is 1. The largest absolute Gasteiger partial charge is 0.481 e. The fraction of sp³-hybridized carbons (Fsp3) is 0.364. The average molecular weight is 194 g/mol. The second-order valence-corrected chi connectivity index (χ2v) is 3.79. The molecule has 0 heterocycles. The van der Waals surface area contributed by atoms with Gasteiger partial charge >= 0.3 is 5.97 Å². The summed E-state index contributed by atoms with van der Waals surface area (Å²) in [6.45, 7) is 1.82. The first-order chi connectivity index (χ1) is 6.59. The van der Waals surface area contributed by atoms with Crippen molar-refractivity contribution in [2.75, 3.05) is 0 Å². The van der Waals surface area contributed by atoms with Gasteiger partial charge in [0.1, 0.15) is 5.82 Å². The van der Waals surface area contributed by atoms with Crippen molar-refractivity contribution in [1.82, 2.24) is 0 Å². The second kappa shape index (κ2) is 3.08. The topological polar surface area (TPSA) is 37.3 Å². The molecule has 1 aromatic rings. The molecule has 1 saturated carbocycles. The van der Waals surface area contributed by atoms with Crippen LogP contribution in [0.15, 0.2) is 18.2 Å². The Morgan fingerprint density at radius 2 is 2.29 bits per heavy atom. The molecule has 0 spiro atoms. The third kappa shape index (κ3) is 1.50. The van der Waals surface area contributed by atoms with E-state index in [1.807, 2.05) is 6.92 Å². The van der Waals surface area contributed by atoms with E-state index in [2.05, 4.69) is 0 Å². The number of carboxylic acid groups (broad SMARTS) is 1. The van der Waals surface area contributed by atoms with Gasteiger partial charge in [-0.3, -0.25) is 4.79 Å². The van der Waals surface area contributed by atoms with Crippen LogP contribution in [0.5, 0.6) is 0 Å². The molecule has 1 fully saturated rings. The molecule has 14 heavy (non-hydrogen) atoms. The zero-order valence-electron chi connectivity index (χ0n) is 7.83. The Labute approximate surface area is 81.4 Å². The summed E-state index contributed by atoms with van der Waals surface area (Å²) in [7, 11) is 0. The maximum Gasteiger partial charge on any atom is 0.307 e. The van der Waals surface area contributed by atoms with E-state index in [0.29, 0.717) is 6.42 Å². The van der Waals surface area contributed by atoms with Crippen molar-refractivity contribution in [2.24, 2.45) is 5.92 Å². The van der Waals surface area contributed by atoms with Crippen LogP contribution in [0.2, 0.25) is 0 Å². The fourth-order valence-corrected chi connectivity index (χ4v) is 1.87.